The van der Waals surface area contributed by atoms with Crippen molar-refractivity contribution in [3.05, 3.63) is 0 Å². The Morgan fingerprint density at radius 2 is 2.20 bits per heavy atom. The van der Waals surface area contributed by atoms with E-state index in [2.05, 4.69) is 0 Å². The van der Waals surface area contributed by atoms with Gasteiger partial charge in [0.25, 0.3) is 0 Å². The van der Waals surface area contributed by atoms with Crippen LogP contribution in [-0.2, 0) is 9.59 Å². The minimum atomic E-state index is -1.20. The molecule has 1 amide bonds. The van der Waals surface area contributed by atoms with Gasteiger partial charge in [0.1, 0.15) is 6.54 Å². The van der Waals surface area contributed by atoms with Crippen molar-refractivity contribution in [1.82, 2.24) is 4.90 Å². The summed E-state index contributed by atoms with van der Waals surface area (Å²) < 4.78 is 0. The predicted octanol–water partition coefficient (Wildman–Crippen LogP) is -0.599. The van der Waals surface area contributed by atoms with E-state index in [9.17, 15) is 9.59 Å². The molecule has 0 atom stereocenters. The van der Waals surface area contributed by atoms with Crippen molar-refractivity contribution in [2.45, 2.75) is 6.92 Å². The summed E-state index contributed by atoms with van der Waals surface area (Å²) in [7, 11) is 0. The third-order valence-corrected chi connectivity index (χ3v) is 0.794. The fraction of sp³-hybridized carbons (Fsp3) is 0.400. The van der Waals surface area contributed by atoms with E-state index in [1.54, 1.807) is 0 Å². The normalized spacial score (nSPS) is 8.00. The van der Waals surface area contributed by atoms with Gasteiger partial charge in [-0.15, -0.1) is 0 Å². The third-order valence-electron chi connectivity index (χ3n) is 0.794. The fourth-order valence-corrected chi connectivity index (χ4v) is 0.352. The number of hydrogen-bond acceptors (Lipinski definition) is 3. The van der Waals surface area contributed by atoms with Gasteiger partial charge in [0, 0.05) is 6.92 Å². The number of carboxylic acids is 1. The first kappa shape index (κ1) is 8.43. The summed E-state index contributed by atoms with van der Waals surface area (Å²) in [6.07, 6.45) is 1.44. The van der Waals surface area contributed by atoms with Gasteiger partial charge in [-0.1, -0.05) is 0 Å². The number of aliphatic carboxylic acids is 1. The highest BCUT2D eigenvalue weighted by molar-refractivity contribution is 5.80. The molecular weight excluding hydrogens is 136 g/mol. The summed E-state index contributed by atoms with van der Waals surface area (Å²) in [5.41, 5.74) is 0. The first-order valence-electron chi connectivity index (χ1n) is 2.47. The molecule has 0 aromatic rings. The summed E-state index contributed by atoms with van der Waals surface area (Å²) in [5, 5.41) is 16.3. The third kappa shape index (κ3) is 2.67. The van der Waals surface area contributed by atoms with Crippen molar-refractivity contribution in [2.24, 2.45) is 0 Å². The van der Waals surface area contributed by atoms with Crippen molar-refractivity contribution in [3.8, 4) is 6.19 Å². The highest BCUT2D eigenvalue weighted by Gasteiger charge is 2.10. The lowest BCUT2D eigenvalue weighted by molar-refractivity contribution is -0.141. The summed E-state index contributed by atoms with van der Waals surface area (Å²) in [4.78, 5) is 20.8. The Balaban J connectivity index is 4.00. The number of carboxylic acid groups (broad SMARTS) is 1. The Hall–Kier alpha value is -1.57. The molecule has 5 heteroatoms. The standard InChI is InChI=1S/C5H6N2O3/c1-4(8)7(3-6)2-5(9)10/h2H2,1H3,(H,9,10). The lowest BCUT2D eigenvalue weighted by Crippen LogP contribution is -2.29. The smallest absolute Gasteiger partial charge is 0.324 e. The molecule has 0 saturated heterocycles. The monoisotopic (exact) mass is 142 g/mol. The van der Waals surface area contributed by atoms with Gasteiger partial charge < -0.3 is 5.11 Å². The number of nitriles is 1. The van der Waals surface area contributed by atoms with Crippen LogP contribution in [0.3, 0.4) is 0 Å². The topological polar surface area (TPSA) is 81.4 Å². The zero-order chi connectivity index (χ0) is 8.15. The zero-order valence-electron chi connectivity index (χ0n) is 5.37. The second kappa shape index (κ2) is 3.45. The molecule has 0 unspecified atom stereocenters. The van der Waals surface area contributed by atoms with Crippen LogP contribution >= 0.6 is 0 Å². The lowest BCUT2D eigenvalue weighted by atomic mass is 10.5. The average molecular weight is 142 g/mol. The molecule has 0 fully saturated rings. The number of carbonyl (C=O) groups is 2. The number of carbonyl (C=O) groups excluding carboxylic acids is 1. The van der Waals surface area contributed by atoms with Crippen molar-refractivity contribution in [3.63, 3.8) is 0 Å². The Kier molecular flexibility index (Phi) is 2.91. The van der Waals surface area contributed by atoms with E-state index in [4.69, 9.17) is 10.4 Å². The Bertz CT molecular complexity index is 194. The van der Waals surface area contributed by atoms with E-state index in [0.29, 0.717) is 4.90 Å². The first-order valence-corrected chi connectivity index (χ1v) is 2.47. The number of rotatable bonds is 2. The molecule has 0 spiro atoms. The van der Waals surface area contributed by atoms with Crippen LogP contribution in [0.5, 0.6) is 0 Å². The summed E-state index contributed by atoms with van der Waals surface area (Å²) in [6, 6.07) is 0. The van der Waals surface area contributed by atoms with Gasteiger partial charge in [-0.05, 0) is 0 Å². The molecular formula is C5H6N2O3. The molecule has 0 radical (unpaired) electrons. The van der Waals surface area contributed by atoms with E-state index in [1.165, 1.54) is 6.19 Å². The Morgan fingerprint density at radius 3 is 2.30 bits per heavy atom. The van der Waals surface area contributed by atoms with Crippen LogP contribution in [0.2, 0.25) is 0 Å². The Labute approximate surface area is 57.5 Å². The minimum absolute atomic E-state index is 0.558. The first-order chi connectivity index (χ1) is 4.57. The number of amides is 1. The van der Waals surface area contributed by atoms with Gasteiger partial charge in [-0.25, -0.2) is 4.90 Å². The van der Waals surface area contributed by atoms with Crippen molar-refractivity contribution < 1.29 is 14.7 Å². The van der Waals surface area contributed by atoms with E-state index in [0.717, 1.165) is 6.92 Å². The molecule has 5 nitrogen and oxygen atoms in total. The minimum Gasteiger partial charge on any atom is -0.480 e. The highest BCUT2D eigenvalue weighted by atomic mass is 16.4. The van der Waals surface area contributed by atoms with Crippen LogP contribution in [0.25, 0.3) is 0 Å². The van der Waals surface area contributed by atoms with Crippen LogP contribution in [0.4, 0.5) is 0 Å². The van der Waals surface area contributed by atoms with E-state index >= 15 is 0 Å². The molecule has 0 aromatic heterocycles. The van der Waals surface area contributed by atoms with Gasteiger partial charge in [0.05, 0.1) is 0 Å². The molecule has 0 heterocycles. The summed E-state index contributed by atoms with van der Waals surface area (Å²) in [5.74, 6) is -1.76. The second-order valence-electron chi connectivity index (χ2n) is 1.60. The molecule has 0 aliphatic heterocycles. The number of nitrogens with zero attached hydrogens (tertiary/aromatic N) is 2. The van der Waals surface area contributed by atoms with E-state index in [-0.39, 0.29) is 0 Å². The molecule has 0 aliphatic carbocycles. The maximum atomic E-state index is 10.4. The molecule has 0 bridgehead atoms. The van der Waals surface area contributed by atoms with Crippen LogP contribution < -0.4 is 0 Å². The predicted molar refractivity (Wildman–Crippen MR) is 30.6 cm³/mol. The molecule has 1 N–H and O–H groups in total. The lowest BCUT2D eigenvalue weighted by Gasteiger charge is -2.05. The average Bonchev–Trinajstić information content (AvgIpc) is 1.81. The fourth-order valence-electron chi connectivity index (χ4n) is 0.352. The molecule has 0 rings (SSSR count). The zero-order valence-corrected chi connectivity index (χ0v) is 5.37. The maximum Gasteiger partial charge on any atom is 0.324 e. The molecule has 0 aliphatic rings. The van der Waals surface area contributed by atoms with Gasteiger partial charge in [0.2, 0.25) is 5.91 Å². The van der Waals surface area contributed by atoms with Crippen LogP contribution in [0.1, 0.15) is 6.92 Å². The van der Waals surface area contributed by atoms with Gasteiger partial charge in [-0.3, -0.25) is 9.59 Å². The van der Waals surface area contributed by atoms with Crippen LogP contribution in [-0.4, -0.2) is 28.4 Å². The van der Waals surface area contributed by atoms with Crippen LogP contribution in [0, 0.1) is 11.5 Å². The van der Waals surface area contributed by atoms with E-state index < -0.39 is 18.4 Å². The van der Waals surface area contributed by atoms with Crippen molar-refractivity contribution in [1.29, 1.82) is 5.26 Å². The van der Waals surface area contributed by atoms with E-state index in [1.807, 2.05) is 0 Å². The SMILES string of the molecule is CC(=O)N(C#N)CC(=O)O. The molecule has 10 heavy (non-hydrogen) atoms. The number of hydrogen-bond donors (Lipinski definition) is 1. The quantitative estimate of drug-likeness (QED) is 0.412. The van der Waals surface area contributed by atoms with Crippen molar-refractivity contribution in [2.75, 3.05) is 6.54 Å². The van der Waals surface area contributed by atoms with Gasteiger partial charge >= 0.3 is 5.97 Å². The largest absolute Gasteiger partial charge is 0.480 e. The van der Waals surface area contributed by atoms with Gasteiger partial charge in [0.15, 0.2) is 6.19 Å². The molecule has 0 aromatic carbocycles. The van der Waals surface area contributed by atoms with Crippen molar-refractivity contribution >= 4 is 11.9 Å². The maximum absolute atomic E-state index is 10.4. The molecule has 0 saturated carbocycles. The van der Waals surface area contributed by atoms with Crippen LogP contribution in [0.15, 0.2) is 0 Å². The Morgan fingerprint density at radius 1 is 1.70 bits per heavy atom. The highest BCUT2D eigenvalue weighted by Crippen LogP contribution is 1.84. The van der Waals surface area contributed by atoms with Gasteiger partial charge in [-0.2, -0.15) is 5.26 Å². The second-order valence-corrected chi connectivity index (χ2v) is 1.60. The molecule has 54 valence electrons. The summed E-state index contributed by atoms with van der Waals surface area (Å²) >= 11 is 0. The summed E-state index contributed by atoms with van der Waals surface area (Å²) in [6.45, 7) is 0.567.